The maximum atomic E-state index is 12.5. The Kier molecular flexibility index (Phi) is 7.61. The molecule has 0 saturated heterocycles. The summed E-state index contributed by atoms with van der Waals surface area (Å²) in [5.74, 6) is -0.995. The molecular weight excluding hydrogens is 344 g/mol. The normalized spacial score (nSPS) is 13.3. The molecule has 0 aliphatic heterocycles. The molecule has 0 aliphatic carbocycles. The minimum atomic E-state index is -0.852. The summed E-state index contributed by atoms with van der Waals surface area (Å²) in [7, 11) is 0. The molecule has 1 aromatic carbocycles. The predicted molar refractivity (Wildman–Crippen MR) is 105 cm³/mol. The van der Waals surface area contributed by atoms with Crippen LogP contribution in [-0.2, 0) is 25.5 Å². The van der Waals surface area contributed by atoms with Crippen molar-refractivity contribution in [3.8, 4) is 0 Å². The molecule has 2 rings (SSSR count). The Bertz CT molecular complexity index is 781. The van der Waals surface area contributed by atoms with Crippen molar-refractivity contribution in [3.05, 3.63) is 48.7 Å². The van der Waals surface area contributed by atoms with E-state index in [1.165, 1.54) is 0 Å². The van der Waals surface area contributed by atoms with E-state index in [0.29, 0.717) is 13.0 Å². The summed E-state index contributed by atoms with van der Waals surface area (Å²) >= 11 is 0. The molecule has 0 spiro atoms. The lowest BCUT2D eigenvalue weighted by molar-refractivity contribution is -0.167. The van der Waals surface area contributed by atoms with Gasteiger partial charge in [0.1, 0.15) is 0 Å². The average molecular weight is 372 g/mol. The van der Waals surface area contributed by atoms with E-state index in [9.17, 15) is 9.59 Å². The molecule has 146 valence electrons. The Balaban J connectivity index is 1.89. The van der Waals surface area contributed by atoms with Crippen molar-refractivity contribution in [3.63, 3.8) is 0 Å². The highest BCUT2D eigenvalue weighted by molar-refractivity contribution is 5.85. The monoisotopic (exact) mass is 372 g/mol. The quantitative estimate of drug-likeness (QED) is 0.496. The van der Waals surface area contributed by atoms with Gasteiger partial charge < -0.3 is 19.8 Å². The molecule has 0 saturated carbocycles. The first kappa shape index (κ1) is 20.7. The largest absolute Gasteiger partial charge is 0.450 e. The second-order valence-electron chi connectivity index (χ2n) is 6.77. The highest BCUT2D eigenvalue weighted by atomic mass is 16.6. The van der Waals surface area contributed by atoms with Crippen molar-refractivity contribution in [2.24, 2.45) is 5.92 Å². The number of benzene rings is 1. The second kappa shape index (κ2) is 9.92. The van der Waals surface area contributed by atoms with Gasteiger partial charge >= 0.3 is 5.97 Å². The summed E-state index contributed by atoms with van der Waals surface area (Å²) in [6, 6.07) is 8.03. The molecule has 2 aromatic rings. The van der Waals surface area contributed by atoms with Gasteiger partial charge in [-0.3, -0.25) is 4.79 Å². The number of fused-ring (bicyclic) bond motifs is 1. The first-order chi connectivity index (χ1) is 12.9. The molecule has 2 N–H and O–H groups in total. The molecule has 0 bridgehead atoms. The molecule has 1 heterocycles. The van der Waals surface area contributed by atoms with Crippen LogP contribution in [0.1, 0.15) is 26.3 Å². The first-order valence-corrected chi connectivity index (χ1v) is 9.19. The minimum Gasteiger partial charge on any atom is -0.450 e. The fourth-order valence-electron chi connectivity index (χ4n) is 2.75. The number of carbonyl (C=O) groups excluding carboxylic acids is 2. The summed E-state index contributed by atoms with van der Waals surface area (Å²) in [6.45, 7) is 9.53. The number of aromatic nitrogens is 1. The Labute approximate surface area is 159 Å². The van der Waals surface area contributed by atoms with Crippen LogP contribution in [0.3, 0.4) is 0 Å². The molecule has 6 heteroatoms. The minimum absolute atomic E-state index is 0.145. The van der Waals surface area contributed by atoms with Gasteiger partial charge in [-0.1, -0.05) is 38.1 Å². The molecular formula is C21H28N2O4. The summed E-state index contributed by atoms with van der Waals surface area (Å²) in [6.07, 6.45) is 2.60. The number of aromatic amines is 1. The summed E-state index contributed by atoms with van der Waals surface area (Å²) in [4.78, 5) is 27.8. The lowest BCUT2D eigenvalue weighted by Gasteiger charge is -2.22. The number of rotatable bonds is 10. The maximum Gasteiger partial charge on any atom is 0.335 e. The van der Waals surface area contributed by atoms with Crippen LogP contribution < -0.4 is 5.32 Å². The van der Waals surface area contributed by atoms with Gasteiger partial charge in [0.25, 0.3) is 5.91 Å². The van der Waals surface area contributed by atoms with Crippen LogP contribution in [0.25, 0.3) is 10.9 Å². The van der Waals surface area contributed by atoms with E-state index in [1.54, 1.807) is 13.0 Å². The number of hydrogen-bond donors (Lipinski definition) is 2. The van der Waals surface area contributed by atoms with Crippen LogP contribution in [-0.4, -0.2) is 42.2 Å². The van der Waals surface area contributed by atoms with Gasteiger partial charge in [-0.25, -0.2) is 4.79 Å². The smallest absolute Gasteiger partial charge is 0.335 e. The van der Waals surface area contributed by atoms with Gasteiger partial charge in [-0.2, -0.15) is 0 Å². The van der Waals surface area contributed by atoms with Gasteiger partial charge in [0, 0.05) is 23.6 Å². The Morgan fingerprint density at radius 1 is 1.26 bits per heavy atom. The van der Waals surface area contributed by atoms with Crippen LogP contribution in [0.2, 0.25) is 0 Å². The summed E-state index contributed by atoms with van der Waals surface area (Å²) < 4.78 is 10.6. The number of para-hydroxylation sites is 1. The lowest BCUT2D eigenvalue weighted by Crippen LogP contribution is -2.43. The van der Waals surface area contributed by atoms with Crippen molar-refractivity contribution in [2.45, 2.75) is 39.4 Å². The Hall–Kier alpha value is -2.60. The number of ether oxygens (including phenoxy) is 2. The third-order valence-corrected chi connectivity index (χ3v) is 4.27. The zero-order chi connectivity index (χ0) is 19.8. The van der Waals surface area contributed by atoms with Crippen molar-refractivity contribution in [1.29, 1.82) is 0 Å². The van der Waals surface area contributed by atoms with Crippen molar-refractivity contribution in [1.82, 2.24) is 10.3 Å². The number of carbonyl (C=O) groups is 2. The summed E-state index contributed by atoms with van der Waals surface area (Å²) in [5.41, 5.74) is 2.21. The molecule has 1 amide bonds. The number of hydrogen-bond acceptors (Lipinski definition) is 4. The molecule has 0 fully saturated rings. The van der Waals surface area contributed by atoms with E-state index in [2.05, 4.69) is 16.9 Å². The van der Waals surface area contributed by atoms with E-state index in [4.69, 9.17) is 9.47 Å². The zero-order valence-corrected chi connectivity index (χ0v) is 16.2. The Morgan fingerprint density at radius 3 is 2.70 bits per heavy atom. The highest BCUT2D eigenvalue weighted by Crippen LogP contribution is 2.17. The molecule has 6 nitrogen and oxygen atoms in total. The topological polar surface area (TPSA) is 80.4 Å². The number of H-pyrrole nitrogens is 1. The standard InChI is InChI=1S/C21H28N2O4/c1-5-12-26-15(4)21(25)27-19(14(2)3)20(24)22-11-10-16-13-23-18-9-7-6-8-17(16)18/h5-9,13-15,19,23H,1,10-12H2,2-4H3,(H,22,24). The zero-order valence-electron chi connectivity index (χ0n) is 16.2. The van der Waals surface area contributed by atoms with Crippen LogP contribution in [0.4, 0.5) is 0 Å². The second-order valence-corrected chi connectivity index (χ2v) is 6.77. The molecule has 0 aliphatic rings. The predicted octanol–water partition coefficient (Wildman–Crippen LogP) is 2.99. The van der Waals surface area contributed by atoms with E-state index in [1.807, 2.05) is 44.3 Å². The molecule has 1 aromatic heterocycles. The van der Waals surface area contributed by atoms with E-state index >= 15 is 0 Å². The van der Waals surface area contributed by atoms with Crippen molar-refractivity contribution < 1.29 is 19.1 Å². The fraction of sp³-hybridized carbons (Fsp3) is 0.429. The van der Waals surface area contributed by atoms with Gasteiger partial charge in [0.2, 0.25) is 0 Å². The average Bonchev–Trinajstić information content (AvgIpc) is 3.06. The molecule has 27 heavy (non-hydrogen) atoms. The van der Waals surface area contributed by atoms with Crippen LogP contribution in [0.5, 0.6) is 0 Å². The molecule has 2 atom stereocenters. The number of nitrogens with one attached hydrogen (secondary N) is 2. The maximum absolute atomic E-state index is 12.5. The van der Waals surface area contributed by atoms with Gasteiger partial charge in [-0.15, -0.1) is 6.58 Å². The summed E-state index contributed by atoms with van der Waals surface area (Å²) in [5, 5.41) is 4.01. The van der Waals surface area contributed by atoms with Gasteiger partial charge in [0.05, 0.1) is 6.61 Å². The fourth-order valence-corrected chi connectivity index (χ4v) is 2.75. The SMILES string of the molecule is C=CCOC(C)C(=O)OC(C(=O)NCCc1c[nH]c2ccccc12)C(C)C. The Morgan fingerprint density at radius 2 is 2.00 bits per heavy atom. The van der Waals surface area contributed by atoms with Gasteiger partial charge in [0.15, 0.2) is 12.2 Å². The first-order valence-electron chi connectivity index (χ1n) is 9.19. The molecule has 2 unspecified atom stereocenters. The van der Waals surface area contributed by atoms with Crippen LogP contribution >= 0.6 is 0 Å². The lowest BCUT2D eigenvalue weighted by atomic mass is 10.1. The van der Waals surface area contributed by atoms with Crippen LogP contribution in [0, 0.1) is 5.92 Å². The van der Waals surface area contributed by atoms with E-state index < -0.39 is 18.2 Å². The van der Waals surface area contributed by atoms with Crippen molar-refractivity contribution in [2.75, 3.05) is 13.2 Å². The van der Waals surface area contributed by atoms with E-state index in [0.717, 1.165) is 16.5 Å². The molecule has 0 radical (unpaired) electrons. The van der Waals surface area contributed by atoms with Crippen LogP contribution in [0.15, 0.2) is 43.1 Å². The third kappa shape index (κ3) is 5.69. The number of esters is 1. The van der Waals surface area contributed by atoms with Gasteiger partial charge in [-0.05, 0) is 30.9 Å². The van der Waals surface area contributed by atoms with E-state index in [-0.39, 0.29) is 18.4 Å². The third-order valence-electron chi connectivity index (χ3n) is 4.27. The van der Waals surface area contributed by atoms with Crippen molar-refractivity contribution >= 4 is 22.8 Å². The number of amides is 1. The highest BCUT2D eigenvalue weighted by Gasteiger charge is 2.28.